The summed E-state index contributed by atoms with van der Waals surface area (Å²) in [6.07, 6.45) is 3.66. The van der Waals surface area contributed by atoms with Gasteiger partial charge in [0.1, 0.15) is 11.6 Å². The maximum Gasteiger partial charge on any atom is 0.243 e. The van der Waals surface area contributed by atoms with E-state index in [9.17, 15) is 12.8 Å². The van der Waals surface area contributed by atoms with Crippen LogP contribution in [0.2, 0.25) is 0 Å². The van der Waals surface area contributed by atoms with Gasteiger partial charge in [0.25, 0.3) is 0 Å². The first kappa shape index (κ1) is 18.5. The Labute approximate surface area is 158 Å². The second-order valence-electron chi connectivity index (χ2n) is 7.40. The van der Waals surface area contributed by atoms with E-state index in [1.165, 1.54) is 28.6 Å². The molecule has 1 N–H and O–H groups in total. The number of sulfonamides is 1. The number of halogens is 1. The first-order valence-electron chi connectivity index (χ1n) is 9.10. The van der Waals surface area contributed by atoms with Crippen LogP contribution in [0, 0.1) is 11.2 Å². The lowest BCUT2D eigenvalue weighted by Gasteiger charge is -2.41. The number of aromatic nitrogens is 3. The summed E-state index contributed by atoms with van der Waals surface area (Å²) in [7, 11) is -2.04. The summed E-state index contributed by atoms with van der Waals surface area (Å²) >= 11 is 0. The minimum atomic E-state index is -3.67. The molecule has 1 atom stereocenters. The van der Waals surface area contributed by atoms with Crippen molar-refractivity contribution in [1.29, 1.82) is 0 Å². The Hall–Kier alpha value is -1.84. The molecule has 2 fully saturated rings. The van der Waals surface area contributed by atoms with Crippen LogP contribution < -0.4 is 0 Å². The number of nitrogens with one attached hydrogen (secondary N) is 1. The highest BCUT2D eigenvalue weighted by molar-refractivity contribution is 7.89. The van der Waals surface area contributed by atoms with Crippen molar-refractivity contribution in [3.05, 3.63) is 41.7 Å². The molecule has 1 aliphatic heterocycles. The molecule has 0 amide bonds. The van der Waals surface area contributed by atoms with Crippen molar-refractivity contribution in [3.8, 4) is 0 Å². The molecule has 1 aliphatic carbocycles. The van der Waals surface area contributed by atoms with Crippen LogP contribution in [-0.2, 0) is 21.2 Å². The second kappa shape index (κ2) is 6.96. The predicted molar refractivity (Wildman–Crippen MR) is 96.1 cm³/mol. The highest BCUT2D eigenvalue weighted by atomic mass is 32.2. The minimum absolute atomic E-state index is 0.0333. The molecule has 1 aromatic heterocycles. The van der Waals surface area contributed by atoms with Crippen LogP contribution in [0.1, 0.15) is 36.8 Å². The number of methoxy groups -OCH3 is 1. The highest BCUT2D eigenvalue weighted by Gasteiger charge is 2.55. The molecule has 2 heterocycles. The van der Waals surface area contributed by atoms with Gasteiger partial charge in [-0.3, -0.25) is 5.10 Å². The Morgan fingerprint density at radius 2 is 2.07 bits per heavy atom. The minimum Gasteiger partial charge on any atom is -0.384 e. The van der Waals surface area contributed by atoms with Crippen LogP contribution in [0.4, 0.5) is 4.39 Å². The Morgan fingerprint density at radius 1 is 1.33 bits per heavy atom. The average molecular weight is 394 g/mol. The van der Waals surface area contributed by atoms with Gasteiger partial charge in [-0.25, -0.2) is 17.8 Å². The van der Waals surface area contributed by atoms with E-state index >= 15 is 0 Å². The number of benzene rings is 1. The van der Waals surface area contributed by atoms with Gasteiger partial charge in [0, 0.05) is 32.5 Å². The van der Waals surface area contributed by atoms with Gasteiger partial charge in [0.15, 0.2) is 5.82 Å². The number of hydrogen-bond donors (Lipinski definition) is 1. The average Bonchev–Trinajstić information content (AvgIpc) is 3.24. The van der Waals surface area contributed by atoms with Crippen LogP contribution in [0.15, 0.2) is 29.2 Å². The van der Waals surface area contributed by atoms with Crippen molar-refractivity contribution >= 4 is 10.0 Å². The Bertz CT molecular complexity index is 909. The van der Waals surface area contributed by atoms with Crippen LogP contribution in [0.5, 0.6) is 0 Å². The third kappa shape index (κ3) is 3.28. The van der Waals surface area contributed by atoms with E-state index < -0.39 is 15.8 Å². The summed E-state index contributed by atoms with van der Waals surface area (Å²) in [6, 6.07) is 5.00. The molecule has 1 spiro atoms. The van der Waals surface area contributed by atoms with Gasteiger partial charge in [0.05, 0.1) is 11.5 Å². The SMILES string of the molecule is COCCc1nc(C2CN(S(=O)(=O)c3ccc(F)cc3)CC23CCC3)n[nH]1. The van der Waals surface area contributed by atoms with E-state index in [1.54, 1.807) is 7.11 Å². The third-order valence-electron chi connectivity index (χ3n) is 5.82. The fraction of sp³-hybridized carbons (Fsp3) is 0.556. The number of aromatic amines is 1. The molecular formula is C18H23FN4O3S. The molecule has 27 heavy (non-hydrogen) atoms. The van der Waals surface area contributed by atoms with Crippen molar-refractivity contribution in [2.45, 2.75) is 36.5 Å². The summed E-state index contributed by atoms with van der Waals surface area (Å²) in [6.45, 7) is 1.36. The van der Waals surface area contributed by atoms with Crippen LogP contribution in [-0.4, -0.2) is 54.7 Å². The molecule has 4 rings (SSSR count). The first-order chi connectivity index (χ1) is 12.9. The van der Waals surface area contributed by atoms with E-state index in [4.69, 9.17) is 4.74 Å². The van der Waals surface area contributed by atoms with E-state index in [-0.39, 0.29) is 16.2 Å². The molecule has 2 aliphatic rings. The summed E-state index contributed by atoms with van der Waals surface area (Å²) in [5.74, 6) is 0.945. The molecule has 1 saturated heterocycles. The van der Waals surface area contributed by atoms with Crippen molar-refractivity contribution in [2.75, 3.05) is 26.8 Å². The summed E-state index contributed by atoms with van der Waals surface area (Å²) in [5, 5.41) is 7.31. The maximum absolute atomic E-state index is 13.2. The summed E-state index contributed by atoms with van der Waals surface area (Å²) in [4.78, 5) is 4.71. The van der Waals surface area contributed by atoms with Gasteiger partial charge in [-0.2, -0.15) is 9.40 Å². The van der Waals surface area contributed by atoms with Gasteiger partial charge >= 0.3 is 0 Å². The molecule has 1 unspecified atom stereocenters. The zero-order valence-electron chi connectivity index (χ0n) is 15.2. The lowest BCUT2D eigenvalue weighted by atomic mass is 9.62. The molecule has 7 nitrogen and oxygen atoms in total. The molecule has 9 heteroatoms. The standard InChI is InChI=1S/C18H23FN4O3S/c1-26-10-7-16-20-17(22-21-16)15-11-23(12-18(15)8-2-9-18)27(24,25)14-5-3-13(19)4-6-14/h3-6,15H,2,7-12H2,1H3,(H,20,21,22). The molecule has 1 saturated carbocycles. The monoisotopic (exact) mass is 394 g/mol. The molecule has 2 aromatic rings. The lowest BCUT2D eigenvalue weighted by molar-refractivity contribution is 0.127. The number of rotatable bonds is 6. The third-order valence-corrected chi connectivity index (χ3v) is 7.65. The van der Waals surface area contributed by atoms with E-state index in [0.717, 1.165) is 25.1 Å². The van der Waals surface area contributed by atoms with E-state index in [1.807, 2.05) is 0 Å². The van der Waals surface area contributed by atoms with Crippen LogP contribution in [0.25, 0.3) is 0 Å². The largest absolute Gasteiger partial charge is 0.384 e. The maximum atomic E-state index is 13.2. The van der Waals surface area contributed by atoms with E-state index in [0.29, 0.717) is 31.9 Å². The molecule has 146 valence electrons. The van der Waals surface area contributed by atoms with Crippen molar-refractivity contribution < 1.29 is 17.5 Å². The number of H-pyrrole nitrogens is 1. The number of hydrogen-bond acceptors (Lipinski definition) is 5. The fourth-order valence-corrected chi connectivity index (χ4v) is 5.68. The van der Waals surface area contributed by atoms with Gasteiger partial charge in [-0.1, -0.05) is 6.42 Å². The Kier molecular flexibility index (Phi) is 4.77. The quantitative estimate of drug-likeness (QED) is 0.811. The summed E-state index contributed by atoms with van der Waals surface area (Å²) < 4.78 is 45.8. The highest BCUT2D eigenvalue weighted by Crippen LogP contribution is 2.56. The second-order valence-corrected chi connectivity index (χ2v) is 9.34. The van der Waals surface area contributed by atoms with Crippen LogP contribution in [0.3, 0.4) is 0 Å². The van der Waals surface area contributed by atoms with Crippen LogP contribution >= 0.6 is 0 Å². The smallest absolute Gasteiger partial charge is 0.243 e. The van der Waals surface area contributed by atoms with Gasteiger partial charge < -0.3 is 4.74 Å². The Morgan fingerprint density at radius 3 is 2.70 bits per heavy atom. The fourth-order valence-electron chi connectivity index (χ4n) is 4.13. The zero-order chi connectivity index (χ0) is 19.1. The van der Waals surface area contributed by atoms with Gasteiger partial charge in [-0.15, -0.1) is 0 Å². The molecule has 0 bridgehead atoms. The van der Waals surface area contributed by atoms with Gasteiger partial charge in [0.2, 0.25) is 10.0 Å². The zero-order valence-corrected chi connectivity index (χ0v) is 16.0. The van der Waals surface area contributed by atoms with Gasteiger partial charge in [-0.05, 0) is 42.5 Å². The Balaban J connectivity index is 1.59. The van der Waals surface area contributed by atoms with Crippen molar-refractivity contribution in [2.24, 2.45) is 5.41 Å². The topological polar surface area (TPSA) is 88.2 Å². The molecular weight excluding hydrogens is 371 g/mol. The number of ether oxygens (including phenoxy) is 1. The predicted octanol–water partition coefficient (Wildman–Crippen LogP) is 2.09. The molecule has 1 aromatic carbocycles. The van der Waals surface area contributed by atoms with Crippen molar-refractivity contribution in [3.63, 3.8) is 0 Å². The summed E-state index contributed by atoms with van der Waals surface area (Å²) in [5.41, 5.74) is -0.103. The lowest BCUT2D eigenvalue weighted by Crippen LogP contribution is -2.38. The normalized spacial score (nSPS) is 22.2. The van der Waals surface area contributed by atoms with Crippen molar-refractivity contribution in [1.82, 2.24) is 19.5 Å². The van der Waals surface area contributed by atoms with E-state index in [2.05, 4.69) is 15.2 Å². The first-order valence-corrected chi connectivity index (χ1v) is 10.5. The number of nitrogens with zero attached hydrogens (tertiary/aromatic N) is 3. The molecule has 0 radical (unpaired) electrons.